The van der Waals surface area contributed by atoms with E-state index in [4.69, 9.17) is 4.74 Å². The molecule has 4 rings (SSSR count). The topological polar surface area (TPSA) is 21.3 Å². The average molecular weight is 343 g/mol. The molecule has 0 bridgehead atoms. The summed E-state index contributed by atoms with van der Waals surface area (Å²) in [6, 6.07) is 10.0. The highest BCUT2D eigenvalue weighted by Gasteiger charge is 2.40. The van der Waals surface area contributed by atoms with E-state index in [-0.39, 0.29) is 18.1 Å². The minimum absolute atomic E-state index is 0.0278. The summed E-state index contributed by atoms with van der Waals surface area (Å²) in [6.07, 6.45) is 1.92. The number of hydrogen-bond donors (Lipinski definition) is 1. The van der Waals surface area contributed by atoms with Gasteiger partial charge in [-0.3, -0.25) is 0 Å². The van der Waals surface area contributed by atoms with E-state index in [1.54, 1.807) is 0 Å². The van der Waals surface area contributed by atoms with Crippen molar-refractivity contribution in [1.82, 2.24) is 0 Å². The summed E-state index contributed by atoms with van der Waals surface area (Å²) in [5, 5.41) is 3.52. The van der Waals surface area contributed by atoms with Crippen LogP contribution >= 0.6 is 0 Å². The van der Waals surface area contributed by atoms with Gasteiger partial charge in [0.15, 0.2) is 0 Å². The van der Waals surface area contributed by atoms with E-state index in [2.05, 4.69) is 37.4 Å². The second-order valence-electron chi connectivity index (χ2n) is 7.42. The molecule has 0 radical (unpaired) electrons. The maximum absolute atomic E-state index is 13.7. The Morgan fingerprint density at radius 3 is 2.56 bits per heavy atom. The predicted octanol–water partition coefficient (Wildman–Crippen LogP) is 5.72. The maximum atomic E-state index is 13.7. The molecule has 0 aliphatic carbocycles. The van der Waals surface area contributed by atoms with Gasteiger partial charge in [0.05, 0.1) is 12.1 Å². The number of benzene rings is 2. The lowest BCUT2D eigenvalue weighted by Crippen LogP contribution is -2.36. The first-order valence-electron chi connectivity index (χ1n) is 9.01. The quantitative estimate of drug-likeness (QED) is 0.753. The largest absolute Gasteiger partial charge is 0.378 e. The van der Waals surface area contributed by atoms with E-state index in [1.165, 1.54) is 23.3 Å². The summed E-state index contributed by atoms with van der Waals surface area (Å²) in [5.74, 6) is -0.454. The van der Waals surface area contributed by atoms with Gasteiger partial charge in [-0.1, -0.05) is 26.0 Å². The van der Waals surface area contributed by atoms with Crippen LogP contribution in [0.25, 0.3) is 0 Å². The van der Waals surface area contributed by atoms with E-state index < -0.39 is 11.6 Å². The summed E-state index contributed by atoms with van der Waals surface area (Å²) in [6.45, 7) is 5.09. The summed E-state index contributed by atoms with van der Waals surface area (Å²) < 4.78 is 33.6. The normalized spacial score (nSPS) is 25.2. The maximum Gasteiger partial charge on any atom is 0.126 e. The first-order valence-corrected chi connectivity index (χ1v) is 9.01. The monoisotopic (exact) mass is 343 g/mol. The smallest absolute Gasteiger partial charge is 0.126 e. The Labute approximate surface area is 147 Å². The highest BCUT2D eigenvalue weighted by Crippen LogP contribution is 2.49. The Morgan fingerprint density at radius 1 is 1.08 bits per heavy atom. The number of fused-ring (bicyclic) bond motifs is 3. The van der Waals surface area contributed by atoms with E-state index >= 15 is 0 Å². The fourth-order valence-corrected chi connectivity index (χ4v) is 4.13. The molecule has 3 atom stereocenters. The number of nitrogens with one attached hydrogen (secondary N) is 1. The average Bonchev–Trinajstić information content (AvgIpc) is 2.59. The second kappa shape index (κ2) is 6.41. The van der Waals surface area contributed by atoms with Crippen molar-refractivity contribution in [3.8, 4) is 0 Å². The Kier molecular flexibility index (Phi) is 4.24. The van der Waals surface area contributed by atoms with Crippen molar-refractivity contribution in [3.63, 3.8) is 0 Å². The number of halogens is 2. The molecule has 2 nitrogen and oxygen atoms in total. The van der Waals surface area contributed by atoms with Crippen LogP contribution in [0.4, 0.5) is 14.5 Å². The first-order chi connectivity index (χ1) is 12.0. The van der Waals surface area contributed by atoms with Gasteiger partial charge in [0.2, 0.25) is 0 Å². The molecular formula is C21H23F2NO. The van der Waals surface area contributed by atoms with Crippen LogP contribution in [0.1, 0.15) is 61.4 Å². The van der Waals surface area contributed by atoms with Crippen LogP contribution in [0, 0.1) is 17.6 Å². The minimum Gasteiger partial charge on any atom is -0.378 e. The second-order valence-corrected chi connectivity index (χ2v) is 7.42. The fourth-order valence-electron chi connectivity index (χ4n) is 4.13. The van der Waals surface area contributed by atoms with Crippen LogP contribution in [0.15, 0.2) is 36.4 Å². The van der Waals surface area contributed by atoms with Crippen LogP contribution in [-0.4, -0.2) is 6.61 Å². The van der Waals surface area contributed by atoms with E-state index in [0.29, 0.717) is 11.5 Å². The molecule has 0 aromatic heterocycles. The highest BCUT2D eigenvalue weighted by atomic mass is 19.1. The van der Waals surface area contributed by atoms with Crippen molar-refractivity contribution in [2.45, 2.75) is 44.8 Å². The van der Waals surface area contributed by atoms with Gasteiger partial charge in [0, 0.05) is 29.8 Å². The molecule has 2 aromatic carbocycles. The van der Waals surface area contributed by atoms with Gasteiger partial charge in [-0.2, -0.15) is 0 Å². The van der Waals surface area contributed by atoms with Crippen LogP contribution in [0.3, 0.4) is 0 Å². The van der Waals surface area contributed by atoms with E-state index in [0.717, 1.165) is 31.2 Å². The molecule has 0 saturated carbocycles. The van der Waals surface area contributed by atoms with Gasteiger partial charge in [0.1, 0.15) is 11.6 Å². The molecule has 1 N–H and O–H groups in total. The summed E-state index contributed by atoms with van der Waals surface area (Å²) in [7, 11) is 0. The van der Waals surface area contributed by atoms with Crippen molar-refractivity contribution >= 4 is 5.69 Å². The molecule has 3 unspecified atom stereocenters. The Bertz CT molecular complexity index is 769. The molecule has 1 saturated heterocycles. The predicted molar refractivity (Wildman–Crippen MR) is 94.7 cm³/mol. The zero-order chi connectivity index (χ0) is 17.6. The molecule has 0 spiro atoms. The van der Waals surface area contributed by atoms with Crippen molar-refractivity contribution in [2.24, 2.45) is 5.92 Å². The van der Waals surface area contributed by atoms with Gasteiger partial charge in [-0.25, -0.2) is 8.78 Å². The number of anilines is 1. The summed E-state index contributed by atoms with van der Waals surface area (Å²) >= 11 is 0. The van der Waals surface area contributed by atoms with Crippen molar-refractivity contribution in [2.75, 3.05) is 11.9 Å². The Hall–Kier alpha value is -1.94. The molecule has 4 heteroatoms. The molecule has 0 amide bonds. The molecule has 2 aromatic rings. The third-order valence-corrected chi connectivity index (χ3v) is 5.40. The third kappa shape index (κ3) is 3.04. The standard InChI is InChI=1S/C21H23F2NO/c1-12(2)13-5-6-19-18(10-13)21-17(4-3-7-25-21)20(24-19)14-8-15(22)11-16(23)9-14/h5-6,8-12,17,20-21,24H,3-4,7H2,1-2H3. The molecule has 25 heavy (non-hydrogen) atoms. The lowest BCUT2D eigenvalue weighted by atomic mass is 9.77. The number of ether oxygens (including phenoxy) is 1. The van der Waals surface area contributed by atoms with Gasteiger partial charge in [-0.15, -0.1) is 0 Å². The van der Waals surface area contributed by atoms with E-state index in [9.17, 15) is 8.78 Å². The molecule has 2 aliphatic heterocycles. The van der Waals surface area contributed by atoms with Crippen molar-refractivity contribution in [3.05, 3.63) is 64.7 Å². The van der Waals surface area contributed by atoms with E-state index in [1.807, 2.05) is 0 Å². The zero-order valence-electron chi connectivity index (χ0n) is 14.6. The lowest BCUT2D eigenvalue weighted by molar-refractivity contribution is -0.0382. The van der Waals surface area contributed by atoms with Crippen LogP contribution in [0.2, 0.25) is 0 Å². The first kappa shape index (κ1) is 16.5. The van der Waals surface area contributed by atoms with Gasteiger partial charge >= 0.3 is 0 Å². The zero-order valence-corrected chi connectivity index (χ0v) is 14.6. The van der Waals surface area contributed by atoms with Gasteiger partial charge in [0.25, 0.3) is 0 Å². The highest BCUT2D eigenvalue weighted by molar-refractivity contribution is 5.58. The Balaban J connectivity index is 1.78. The fraction of sp³-hybridized carbons (Fsp3) is 0.429. The van der Waals surface area contributed by atoms with Crippen LogP contribution < -0.4 is 5.32 Å². The summed E-state index contributed by atoms with van der Waals surface area (Å²) in [5.41, 5.74) is 4.10. The SMILES string of the molecule is CC(C)c1ccc2c(c1)C1OCCCC1C(c1cc(F)cc(F)c1)N2. The Morgan fingerprint density at radius 2 is 1.84 bits per heavy atom. The number of hydrogen-bond acceptors (Lipinski definition) is 2. The van der Waals surface area contributed by atoms with Crippen LogP contribution in [-0.2, 0) is 4.74 Å². The third-order valence-electron chi connectivity index (χ3n) is 5.40. The molecule has 132 valence electrons. The molecular weight excluding hydrogens is 320 g/mol. The molecule has 1 fully saturated rings. The minimum atomic E-state index is -0.536. The molecule has 2 aliphatic rings. The van der Waals surface area contributed by atoms with Crippen molar-refractivity contribution in [1.29, 1.82) is 0 Å². The lowest BCUT2D eigenvalue weighted by Gasteiger charge is -2.43. The number of rotatable bonds is 2. The van der Waals surface area contributed by atoms with Crippen LogP contribution in [0.5, 0.6) is 0 Å². The van der Waals surface area contributed by atoms with Gasteiger partial charge < -0.3 is 10.1 Å². The molecule has 2 heterocycles. The van der Waals surface area contributed by atoms with Gasteiger partial charge in [-0.05, 0) is 48.1 Å². The summed E-state index contributed by atoms with van der Waals surface area (Å²) in [4.78, 5) is 0. The van der Waals surface area contributed by atoms with Crippen molar-refractivity contribution < 1.29 is 13.5 Å².